The van der Waals surface area contributed by atoms with Gasteiger partial charge in [0.25, 0.3) is 5.56 Å². The van der Waals surface area contributed by atoms with Gasteiger partial charge in [-0.15, -0.1) is 0 Å². The van der Waals surface area contributed by atoms with Crippen LogP contribution in [0.15, 0.2) is 44.7 Å². The van der Waals surface area contributed by atoms with E-state index in [1.165, 1.54) is 23.0 Å². The first-order valence-corrected chi connectivity index (χ1v) is 9.58. The zero-order valence-corrected chi connectivity index (χ0v) is 17.9. The molecule has 1 N–H and O–H groups in total. The van der Waals surface area contributed by atoms with Crippen LogP contribution in [0.1, 0.15) is 32.2 Å². The Kier molecular flexibility index (Phi) is 5.34. The number of phenolic OH excluding ortho intramolecular Hbond substituents is 1. The normalized spacial score (nSPS) is 12.2. The van der Waals surface area contributed by atoms with Crippen molar-refractivity contribution in [2.24, 2.45) is 5.10 Å². The molecule has 0 atom stereocenters. The van der Waals surface area contributed by atoms with E-state index in [0.29, 0.717) is 22.3 Å². The molecule has 0 aliphatic rings. The Bertz CT molecular complexity index is 1110. The van der Waals surface area contributed by atoms with Gasteiger partial charge in [-0.05, 0) is 35.9 Å². The Labute approximate surface area is 174 Å². The predicted molar refractivity (Wildman–Crippen MR) is 114 cm³/mol. The van der Waals surface area contributed by atoms with Crippen molar-refractivity contribution in [2.75, 3.05) is 0 Å². The molecule has 0 aliphatic heterocycles. The van der Waals surface area contributed by atoms with Gasteiger partial charge in [0.15, 0.2) is 5.75 Å². The Hall–Kier alpha value is -1.89. The standard InChI is InChI=1S/C19H16BrCl2N3O2/c1-19(2,3)18-24-15-5-4-11(20)8-12(15)17(27)25(18)23-9-10-6-13(21)16(26)14(22)7-10/h4-9,26H,1-3H3. The van der Waals surface area contributed by atoms with E-state index in [2.05, 4.69) is 26.0 Å². The highest BCUT2D eigenvalue weighted by Crippen LogP contribution is 2.32. The first kappa shape index (κ1) is 19.9. The molecule has 0 bridgehead atoms. The van der Waals surface area contributed by atoms with Crippen molar-refractivity contribution < 1.29 is 5.11 Å². The molecule has 0 aliphatic carbocycles. The summed E-state index contributed by atoms with van der Waals surface area (Å²) in [4.78, 5) is 17.7. The van der Waals surface area contributed by atoms with Crippen LogP contribution in [0.4, 0.5) is 0 Å². The van der Waals surface area contributed by atoms with Crippen LogP contribution in [0, 0.1) is 0 Å². The van der Waals surface area contributed by atoms with Crippen molar-refractivity contribution in [1.82, 2.24) is 9.66 Å². The van der Waals surface area contributed by atoms with Gasteiger partial charge in [0.1, 0.15) is 5.82 Å². The summed E-state index contributed by atoms with van der Waals surface area (Å²) in [5.41, 5.74) is 0.458. The molecule has 140 valence electrons. The van der Waals surface area contributed by atoms with E-state index in [9.17, 15) is 9.90 Å². The number of aromatic hydroxyl groups is 1. The van der Waals surface area contributed by atoms with Crippen LogP contribution in [-0.4, -0.2) is 21.0 Å². The maximum Gasteiger partial charge on any atom is 0.282 e. The van der Waals surface area contributed by atoms with Gasteiger partial charge in [0.2, 0.25) is 0 Å². The number of hydrogen-bond acceptors (Lipinski definition) is 4. The molecular formula is C19H16BrCl2N3O2. The van der Waals surface area contributed by atoms with Gasteiger partial charge in [0, 0.05) is 9.89 Å². The summed E-state index contributed by atoms with van der Waals surface area (Å²) in [6.07, 6.45) is 1.46. The SMILES string of the molecule is CC(C)(C)c1nc2ccc(Br)cc2c(=O)n1N=Cc1cc(Cl)c(O)c(Cl)c1. The Balaban J connectivity index is 2.23. The summed E-state index contributed by atoms with van der Waals surface area (Å²) in [7, 11) is 0. The molecule has 0 amide bonds. The highest BCUT2D eigenvalue weighted by molar-refractivity contribution is 9.10. The quantitative estimate of drug-likeness (QED) is 0.515. The Morgan fingerprint density at radius 2 is 1.81 bits per heavy atom. The number of benzene rings is 2. The molecule has 0 unspecified atom stereocenters. The molecule has 0 saturated heterocycles. The fourth-order valence-corrected chi connectivity index (χ4v) is 3.39. The van der Waals surface area contributed by atoms with Gasteiger partial charge in [-0.25, -0.2) is 4.98 Å². The summed E-state index contributed by atoms with van der Waals surface area (Å²) >= 11 is 15.3. The molecule has 0 saturated carbocycles. The number of aromatic nitrogens is 2. The molecule has 0 spiro atoms. The van der Waals surface area contributed by atoms with Crippen molar-refractivity contribution in [3.8, 4) is 5.75 Å². The summed E-state index contributed by atoms with van der Waals surface area (Å²) in [6, 6.07) is 8.38. The first-order valence-electron chi connectivity index (χ1n) is 8.03. The van der Waals surface area contributed by atoms with Crippen LogP contribution >= 0.6 is 39.1 Å². The lowest BCUT2D eigenvalue weighted by atomic mass is 9.95. The molecule has 0 radical (unpaired) electrons. The monoisotopic (exact) mass is 467 g/mol. The topological polar surface area (TPSA) is 67.5 Å². The average molecular weight is 469 g/mol. The average Bonchev–Trinajstić information content (AvgIpc) is 2.58. The minimum atomic E-state index is -0.415. The minimum absolute atomic E-state index is 0.105. The van der Waals surface area contributed by atoms with Crippen molar-refractivity contribution in [1.29, 1.82) is 0 Å². The van der Waals surface area contributed by atoms with E-state index >= 15 is 0 Å². The molecule has 1 heterocycles. The third kappa shape index (κ3) is 4.03. The Morgan fingerprint density at radius 1 is 1.19 bits per heavy atom. The number of fused-ring (bicyclic) bond motifs is 1. The second-order valence-electron chi connectivity index (χ2n) is 7.04. The lowest BCUT2D eigenvalue weighted by Gasteiger charge is -2.20. The predicted octanol–water partition coefficient (Wildman–Crippen LogP) is 5.35. The molecule has 0 fully saturated rings. The van der Waals surface area contributed by atoms with Crippen LogP contribution in [0.3, 0.4) is 0 Å². The smallest absolute Gasteiger partial charge is 0.282 e. The molecule has 27 heavy (non-hydrogen) atoms. The molecule has 2 aromatic carbocycles. The molecule has 3 rings (SSSR count). The highest BCUT2D eigenvalue weighted by atomic mass is 79.9. The van der Waals surface area contributed by atoms with Crippen LogP contribution in [-0.2, 0) is 5.41 Å². The van der Waals surface area contributed by atoms with Crippen molar-refractivity contribution in [3.63, 3.8) is 0 Å². The van der Waals surface area contributed by atoms with Crippen molar-refractivity contribution in [2.45, 2.75) is 26.2 Å². The van der Waals surface area contributed by atoms with Gasteiger partial charge < -0.3 is 5.11 Å². The van der Waals surface area contributed by atoms with E-state index < -0.39 is 5.41 Å². The van der Waals surface area contributed by atoms with Gasteiger partial charge in [-0.3, -0.25) is 4.79 Å². The van der Waals surface area contributed by atoms with Crippen molar-refractivity contribution in [3.05, 3.63) is 66.6 Å². The molecule has 1 aromatic heterocycles. The van der Waals surface area contributed by atoms with Gasteiger partial charge >= 0.3 is 0 Å². The number of hydrogen-bond donors (Lipinski definition) is 1. The summed E-state index contributed by atoms with van der Waals surface area (Å²) in [5.74, 6) is 0.329. The maximum absolute atomic E-state index is 13.1. The van der Waals surface area contributed by atoms with Gasteiger partial charge in [-0.2, -0.15) is 9.78 Å². The van der Waals surface area contributed by atoms with Crippen LogP contribution in [0.25, 0.3) is 10.9 Å². The molecule has 3 aromatic rings. The molecule has 5 nitrogen and oxygen atoms in total. The summed E-state index contributed by atoms with van der Waals surface area (Å²) in [6.45, 7) is 5.87. The Morgan fingerprint density at radius 3 is 2.41 bits per heavy atom. The highest BCUT2D eigenvalue weighted by Gasteiger charge is 2.22. The third-order valence-corrected chi connectivity index (χ3v) is 4.91. The minimum Gasteiger partial charge on any atom is -0.505 e. The zero-order valence-electron chi connectivity index (χ0n) is 14.8. The van der Waals surface area contributed by atoms with E-state index in [4.69, 9.17) is 23.2 Å². The zero-order chi connectivity index (χ0) is 19.9. The lowest BCUT2D eigenvalue weighted by Crippen LogP contribution is -2.29. The third-order valence-electron chi connectivity index (χ3n) is 3.84. The van der Waals surface area contributed by atoms with E-state index in [0.717, 1.165) is 4.47 Å². The van der Waals surface area contributed by atoms with E-state index in [-0.39, 0.29) is 21.4 Å². The maximum atomic E-state index is 13.1. The number of halogens is 3. The van der Waals surface area contributed by atoms with Crippen LogP contribution in [0.5, 0.6) is 5.75 Å². The number of nitrogens with zero attached hydrogens (tertiary/aromatic N) is 3. The fourth-order valence-electron chi connectivity index (χ4n) is 2.53. The fraction of sp³-hybridized carbons (Fsp3) is 0.211. The van der Waals surface area contributed by atoms with E-state index in [1.807, 2.05) is 26.8 Å². The van der Waals surface area contributed by atoms with Crippen LogP contribution < -0.4 is 5.56 Å². The first-order chi connectivity index (χ1) is 12.6. The summed E-state index contributed by atoms with van der Waals surface area (Å²) < 4.78 is 2.06. The second-order valence-corrected chi connectivity index (χ2v) is 8.77. The van der Waals surface area contributed by atoms with Gasteiger partial charge in [0.05, 0.1) is 27.2 Å². The largest absolute Gasteiger partial charge is 0.505 e. The summed E-state index contributed by atoms with van der Waals surface area (Å²) in [5, 5.41) is 14.7. The second kappa shape index (κ2) is 7.26. The molecular weight excluding hydrogens is 453 g/mol. The molecule has 8 heteroatoms. The van der Waals surface area contributed by atoms with Crippen LogP contribution in [0.2, 0.25) is 10.0 Å². The van der Waals surface area contributed by atoms with E-state index in [1.54, 1.807) is 12.1 Å². The lowest BCUT2D eigenvalue weighted by molar-refractivity contribution is 0.476. The number of phenols is 1. The van der Waals surface area contributed by atoms with Crippen molar-refractivity contribution >= 4 is 56.2 Å². The number of rotatable bonds is 2. The van der Waals surface area contributed by atoms with Gasteiger partial charge in [-0.1, -0.05) is 59.9 Å².